The number of benzene rings is 2. The molecule has 0 saturated heterocycles. The van der Waals surface area contributed by atoms with Crippen LogP contribution in [0, 0.1) is 0 Å². The van der Waals surface area contributed by atoms with E-state index < -0.39 is 0 Å². The lowest BCUT2D eigenvalue weighted by Gasteiger charge is -2.03. The summed E-state index contributed by atoms with van der Waals surface area (Å²) < 4.78 is 4.80. The van der Waals surface area contributed by atoms with E-state index in [1.807, 2.05) is 36.4 Å². The van der Waals surface area contributed by atoms with Crippen LogP contribution >= 0.6 is 34.5 Å². The van der Waals surface area contributed by atoms with Gasteiger partial charge in [-0.1, -0.05) is 47.5 Å². The predicted molar refractivity (Wildman–Crippen MR) is 107 cm³/mol. The third kappa shape index (κ3) is 4.75. The number of hydrogen-bond donors (Lipinski definition) is 1. The zero-order valence-corrected chi connectivity index (χ0v) is 16.3. The van der Waals surface area contributed by atoms with Crippen molar-refractivity contribution in [2.75, 3.05) is 12.4 Å². The van der Waals surface area contributed by atoms with Gasteiger partial charge in [-0.2, -0.15) is 0 Å². The highest BCUT2D eigenvalue weighted by molar-refractivity contribution is 7.16. The Balaban J connectivity index is 1.83. The van der Waals surface area contributed by atoms with Gasteiger partial charge >= 0.3 is 5.97 Å². The van der Waals surface area contributed by atoms with Crippen LogP contribution in [0.1, 0.15) is 10.4 Å². The maximum absolute atomic E-state index is 11.7. The molecule has 134 valence electrons. The first kappa shape index (κ1) is 18.7. The minimum Gasteiger partial charge on any atom is -0.469 e. The van der Waals surface area contributed by atoms with E-state index in [1.54, 1.807) is 12.1 Å². The van der Waals surface area contributed by atoms with Crippen LogP contribution in [0.15, 0.2) is 48.5 Å². The topological polar surface area (TPSA) is 51.2 Å². The third-order valence-electron chi connectivity index (χ3n) is 3.70. The minimum atomic E-state index is -0.298. The third-order valence-corrected chi connectivity index (χ3v) is 5.22. The van der Waals surface area contributed by atoms with Crippen molar-refractivity contribution in [3.05, 3.63) is 69.0 Å². The van der Waals surface area contributed by atoms with Gasteiger partial charge in [0.25, 0.3) is 0 Å². The van der Waals surface area contributed by atoms with Crippen molar-refractivity contribution in [3.8, 4) is 11.3 Å². The monoisotopic (exact) mass is 406 g/mol. The molecular weight excluding hydrogens is 391 g/mol. The molecule has 1 heterocycles. The fourth-order valence-corrected chi connectivity index (χ4v) is 3.58. The second kappa shape index (κ2) is 8.54. The van der Waals surface area contributed by atoms with Crippen LogP contribution in [0.2, 0.25) is 10.0 Å². The van der Waals surface area contributed by atoms with Gasteiger partial charge < -0.3 is 10.1 Å². The lowest BCUT2D eigenvalue weighted by molar-refractivity contribution is -0.139. The van der Waals surface area contributed by atoms with E-state index in [4.69, 9.17) is 27.9 Å². The number of carbonyl (C=O) groups excluding carboxylic acids is 1. The Morgan fingerprint density at radius 3 is 2.31 bits per heavy atom. The normalized spacial score (nSPS) is 10.6. The average molecular weight is 407 g/mol. The number of hydrogen-bond acceptors (Lipinski definition) is 5. The van der Waals surface area contributed by atoms with E-state index in [-0.39, 0.29) is 12.4 Å². The van der Waals surface area contributed by atoms with Crippen LogP contribution < -0.4 is 5.32 Å². The van der Waals surface area contributed by atoms with Crippen LogP contribution in [-0.4, -0.2) is 18.1 Å². The van der Waals surface area contributed by atoms with Crippen molar-refractivity contribution in [1.82, 2.24) is 4.98 Å². The van der Waals surface area contributed by atoms with Gasteiger partial charge in [0.1, 0.15) is 0 Å². The molecule has 3 aromatic rings. The number of halogens is 2. The Morgan fingerprint density at radius 2 is 1.69 bits per heavy atom. The molecule has 0 spiro atoms. The summed E-state index contributed by atoms with van der Waals surface area (Å²) in [6, 6.07) is 15.0. The Bertz CT molecular complexity index is 893. The first-order chi connectivity index (χ1) is 12.5. The number of anilines is 1. The first-order valence-electron chi connectivity index (χ1n) is 7.86. The molecule has 3 rings (SSSR count). The summed E-state index contributed by atoms with van der Waals surface area (Å²) in [6.07, 6.45) is 0.175. The van der Waals surface area contributed by atoms with Crippen molar-refractivity contribution < 1.29 is 9.53 Å². The molecule has 4 nitrogen and oxygen atoms in total. The Hall–Kier alpha value is -2.08. The molecule has 0 aliphatic heterocycles. The number of ether oxygens (including phenoxy) is 1. The van der Waals surface area contributed by atoms with Gasteiger partial charge in [-0.15, -0.1) is 11.3 Å². The molecule has 0 fully saturated rings. The zero-order valence-electron chi connectivity index (χ0n) is 14.0. The molecule has 0 saturated carbocycles. The predicted octanol–water partition coefficient (Wildman–Crippen LogP) is 5.44. The largest absolute Gasteiger partial charge is 0.469 e. The van der Waals surface area contributed by atoms with Crippen LogP contribution in [0.3, 0.4) is 0 Å². The van der Waals surface area contributed by atoms with Gasteiger partial charge in [0.15, 0.2) is 5.13 Å². The molecule has 0 unspecified atom stereocenters. The van der Waals surface area contributed by atoms with Gasteiger partial charge in [-0.3, -0.25) is 4.79 Å². The SMILES string of the molecule is COC(=O)Cc1sc(NCc2ccc(Cl)cc2)nc1-c1ccc(Cl)cc1. The number of nitrogens with one attached hydrogen (secondary N) is 1. The number of nitrogens with zero attached hydrogens (tertiary/aromatic N) is 1. The van der Waals surface area contributed by atoms with E-state index in [2.05, 4.69) is 10.3 Å². The number of esters is 1. The molecule has 0 aliphatic carbocycles. The Kier molecular flexibility index (Phi) is 6.14. The van der Waals surface area contributed by atoms with Gasteiger partial charge in [0.05, 0.1) is 19.2 Å². The fraction of sp³-hybridized carbons (Fsp3) is 0.158. The lowest BCUT2D eigenvalue weighted by atomic mass is 10.1. The highest BCUT2D eigenvalue weighted by Gasteiger charge is 2.16. The van der Waals surface area contributed by atoms with Crippen LogP contribution in [0.4, 0.5) is 5.13 Å². The number of methoxy groups -OCH3 is 1. The second-order valence-electron chi connectivity index (χ2n) is 5.53. The molecule has 0 atom stereocenters. The van der Waals surface area contributed by atoms with Gasteiger partial charge in [0.2, 0.25) is 0 Å². The number of thiazole rings is 1. The number of aromatic nitrogens is 1. The maximum atomic E-state index is 11.7. The summed E-state index contributed by atoms with van der Waals surface area (Å²) in [4.78, 5) is 17.2. The standard InChI is InChI=1S/C19H16Cl2N2O2S/c1-25-17(24)10-16-18(13-4-8-15(21)9-5-13)23-19(26-16)22-11-12-2-6-14(20)7-3-12/h2-9H,10-11H2,1H3,(H,22,23). The van der Waals surface area contributed by atoms with E-state index in [1.165, 1.54) is 18.4 Å². The maximum Gasteiger partial charge on any atom is 0.310 e. The summed E-state index contributed by atoms with van der Waals surface area (Å²) >= 11 is 13.3. The zero-order chi connectivity index (χ0) is 18.5. The van der Waals surface area contributed by atoms with Gasteiger partial charge in [-0.25, -0.2) is 4.98 Å². The Labute approximate surface area is 165 Å². The molecule has 26 heavy (non-hydrogen) atoms. The first-order valence-corrected chi connectivity index (χ1v) is 9.43. The summed E-state index contributed by atoms with van der Waals surface area (Å²) in [7, 11) is 1.38. The second-order valence-corrected chi connectivity index (χ2v) is 7.49. The molecule has 7 heteroatoms. The fourth-order valence-electron chi connectivity index (χ4n) is 2.36. The van der Waals surface area contributed by atoms with E-state index in [9.17, 15) is 4.79 Å². The Morgan fingerprint density at radius 1 is 1.08 bits per heavy atom. The van der Waals surface area contributed by atoms with Crippen LogP contribution in [-0.2, 0) is 22.5 Å². The summed E-state index contributed by atoms with van der Waals surface area (Å²) in [5.74, 6) is -0.298. The van der Waals surface area contributed by atoms with E-state index in [0.717, 1.165) is 26.8 Å². The van der Waals surface area contributed by atoms with E-state index in [0.29, 0.717) is 16.6 Å². The van der Waals surface area contributed by atoms with Crippen molar-refractivity contribution in [2.45, 2.75) is 13.0 Å². The highest BCUT2D eigenvalue weighted by Crippen LogP contribution is 2.32. The smallest absolute Gasteiger partial charge is 0.310 e. The molecule has 2 aromatic carbocycles. The van der Waals surface area contributed by atoms with Crippen molar-refractivity contribution in [1.29, 1.82) is 0 Å². The molecule has 1 N–H and O–H groups in total. The summed E-state index contributed by atoms with van der Waals surface area (Å²) in [6.45, 7) is 0.613. The van der Waals surface area contributed by atoms with Crippen molar-refractivity contribution in [2.24, 2.45) is 0 Å². The molecule has 0 bridgehead atoms. The summed E-state index contributed by atoms with van der Waals surface area (Å²) in [5, 5.41) is 5.39. The van der Waals surface area contributed by atoms with E-state index >= 15 is 0 Å². The van der Waals surface area contributed by atoms with Crippen LogP contribution in [0.25, 0.3) is 11.3 Å². The molecule has 0 radical (unpaired) electrons. The molecule has 1 aromatic heterocycles. The van der Waals surface area contributed by atoms with Crippen molar-refractivity contribution in [3.63, 3.8) is 0 Å². The lowest BCUT2D eigenvalue weighted by Crippen LogP contribution is -2.03. The molecular formula is C19H16Cl2N2O2S. The van der Waals surface area contributed by atoms with Gasteiger partial charge in [0, 0.05) is 27.0 Å². The van der Waals surface area contributed by atoms with Crippen molar-refractivity contribution >= 4 is 45.6 Å². The molecule has 0 aliphatic rings. The van der Waals surface area contributed by atoms with Gasteiger partial charge in [-0.05, 0) is 29.8 Å². The number of rotatable bonds is 6. The average Bonchev–Trinajstić information content (AvgIpc) is 3.04. The molecule has 0 amide bonds. The minimum absolute atomic E-state index is 0.175. The van der Waals surface area contributed by atoms with Crippen LogP contribution in [0.5, 0.6) is 0 Å². The number of carbonyl (C=O) groups is 1. The quantitative estimate of drug-likeness (QED) is 0.553. The highest BCUT2D eigenvalue weighted by atomic mass is 35.5. The summed E-state index contributed by atoms with van der Waals surface area (Å²) in [5.41, 5.74) is 2.76.